The van der Waals surface area contributed by atoms with Crippen molar-refractivity contribution in [2.45, 2.75) is 26.7 Å². The van der Waals surface area contributed by atoms with E-state index in [1.807, 2.05) is 18.2 Å². The lowest BCUT2D eigenvalue weighted by Crippen LogP contribution is -2.25. The smallest absolute Gasteiger partial charge is 0.271 e. The first-order valence-corrected chi connectivity index (χ1v) is 11.1. The summed E-state index contributed by atoms with van der Waals surface area (Å²) in [5.74, 6) is -0.539. The van der Waals surface area contributed by atoms with E-state index in [1.54, 1.807) is 30.3 Å². The Kier molecular flexibility index (Phi) is 8.28. The van der Waals surface area contributed by atoms with Crippen LogP contribution >= 0.6 is 0 Å². The molecule has 0 bridgehead atoms. The third-order valence-electron chi connectivity index (χ3n) is 5.05. The van der Waals surface area contributed by atoms with Gasteiger partial charge in [-0.1, -0.05) is 32.0 Å². The number of hydrogen-bond donors (Lipinski definition) is 2. The fraction of sp³-hybridized carbons (Fsp3) is 0.240. The van der Waals surface area contributed by atoms with Crippen molar-refractivity contribution in [3.63, 3.8) is 0 Å². The zero-order chi connectivity index (χ0) is 24.5. The second-order valence-corrected chi connectivity index (χ2v) is 7.64. The average molecular weight is 462 g/mol. The van der Waals surface area contributed by atoms with Crippen LogP contribution in [0, 0.1) is 10.1 Å². The number of nitrogens with zero attached hydrogens (tertiary/aromatic N) is 4. The summed E-state index contributed by atoms with van der Waals surface area (Å²) in [5.41, 5.74) is 1.96. The van der Waals surface area contributed by atoms with Crippen molar-refractivity contribution in [1.29, 1.82) is 0 Å². The molecule has 9 heteroatoms. The number of nitro groups is 1. The number of non-ortho nitro benzene ring substituents is 1. The monoisotopic (exact) mass is 461 g/mol. The molecule has 0 heterocycles. The molecule has 0 unspecified atom stereocenters. The van der Waals surface area contributed by atoms with Gasteiger partial charge in [-0.15, -0.1) is 10.2 Å². The minimum absolute atomic E-state index is 0.0443. The summed E-state index contributed by atoms with van der Waals surface area (Å²) in [4.78, 5) is 25.5. The molecule has 0 saturated heterocycles. The predicted octanol–water partition coefficient (Wildman–Crippen LogP) is 6.59. The number of aromatic hydroxyl groups is 1. The van der Waals surface area contributed by atoms with Crippen LogP contribution in [0.4, 0.5) is 28.4 Å². The van der Waals surface area contributed by atoms with E-state index in [4.69, 9.17) is 0 Å². The molecule has 0 aliphatic heterocycles. The number of nitrogens with one attached hydrogen (secondary N) is 1. The highest BCUT2D eigenvalue weighted by Gasteiger charge is 2.14. The largest absolute Gasteiger partial charge is 0.506 e. The van der Waals surface area contributed by atoms with Crippen molar-refractivity contribution in [2.75, 3.05) is 23.3 Å². The Labute approximate surface area is 197 Å². The minimum atomic E-state index is -0.575. The van der Waals surface area contributed by atoms with Crippen LogP contribution in [-0.2, 0) is 0 Å². The molecule has 0 fully saturated rings. The molecule has 9 nitrogen and oxygen atoms in total. The van der Waals surface area contributed by atoms with Crippen molar-refractivity contribution in [1.82, 2.24) is 0 Å². The Hall–Kier alpha value is -4.27. The van der Waals surface area contributed by atoms with Gasteiger partial charge >= 0.3 is 0 Å². The van der Waals surface area contributed by atoms with Crippen LogP contribution < -0.4 is 10.2 Å². The van der Waals surface area contributed by atoms with Gasteiger partial charge in [0.1, 0.15) is 17.1 Å². The average Bonchev–Trinajstić information content (AvgIpc) is 2.84. The Morgan fingerprint density at radius 2 is 1.65 bits per heavy atom. The predicted molar refractivity (Wildman–Crippen MR) is 133 cm³/mol. The maximum absolute atomic E-state index is 12.8. The summed E-state index contributed by atoms with van der Waals surface area (Å²) in [6.45, 7) is 5.94. The van der Waals surface area contributed by atoms with Gasteiger partial charge in [0.25, 0.3) is 11.6 Å². The van der Waals surface area contributed by atoms with E-state index in [0.717, 1.165) is 37.7 Å². The molecule has 0 aliphatic carbocycles. The van der Waals surface area contributed by atoms with Crippen LogP contribution in [0.3, 0.4) is 0 Å². The zero-order valence-corrected chi connectivity index (χ0v) is 19.1. The molecule has 3 aromatic rings. The Morgan fingerprint density at radius 3 is 2.29 bits per heavy atom. The van der Waals surface area contributed by atoms with Crippen LogP contribution in [0.25, 0.3) is 0 Å². The highest BCUT2D eigenvalue weighted by atomic mass is 16.6. The van der Waals surface area contributed by atoms with Crippen LogP contribution in [-0.4, -0.2) is 29.0 Å². The van der Waals surface area contributed by atoms with Crippen LogP contribution in [0.15, 0.2) is 77.0 Å². The first-order chi connectivity index (χ1) is 16.4. The van der Waals surface area contributed by atoms with Gasteiger partial charge in [-0.2, -0.15) is 0 Å². The molecule has 0 aromatic heterocycles. The normalized spacial score (nSPS) is 10.9. The van der Waals surface area contributed by atoms with E-state index in [0.29, 0.717) is 16.9 Å². The Balaban J connectivity index is 2.00. The lowest BCUT2D eigenvalue weighted by Gasteiger charge is -2.24. The van der Waals surface area contributed by atoms with E-state index >= 15 is 0 Å². The molecule has 0 aliphatic rings. The van der Waals surface area contributed by atoms with Gasteiger partial charge in [-0.05, 0) is 49.2 Å². The van der Waals surface area contributed by atoms with Crippen molar-refractivity contribution in [2.24, 2.45) is 10.2 Å². The number of nitro benzene ring substituents is 1. The molecular formula is C25H27N5O4. The molecular weight excluding hydrogens is 434 g/mol. The molecule has 34 heavy (non-hydrogen) atoms. The summed E-state index contributed by atoms with van der Waals surface area (Å²) in [5, 5.41) is 32.2. The number of benzene rings is 3. The van der Waals surface area contributed by atoms with Crippen molar-refractivity contribution in [3.05, 3.63) is 82.4 Å². The first kappa shape index (κ1) is 24.4. The fourth-order valence-corrected chi connectivity index (χ4v) is 3.42. The molecule has 3 rings (SSSR count). The number of rotatable bonds is 10. The first-order valence-electron chi connectivity index (χ1n) is 11.1. The second-order valence-electron chi connectivity index (χ2n) is 7.64. The number of phenolic OH excluding ortho intramolecular Hbond substituents is 1. The van der Waals surface area contributed by atoms with E-state index < -0.39 is 4.92 Å². The quantitative estimate of drug-likeness (QED) is 0.200. The van der Waals surface area contributed by atoms with E-state index in [1.165, 1.54) is 12.1 Å². The number of azo groups is 1. The van der Waals surface area contributed by atoms with E-state index in [2.05, 4.69) is 34.3 Å². The second kappa shape index (κ2) is 11.6. The lowest BCUT2D eigenvalue weighted by molar-refractivity contribution is -0.384. The Bertz CT molecular complexity index is 1180. The number of carbonyl (C=O) groups excluding carboxylic acids is 1. The van der Waals surface area contributed by atoms with Crippen LogP contribution in [0.5, 0.6) is 5.75 Å². The summed E-state index contributed by atoms with van der Waals surface area (Å²) in [7, 11) is 0. The standard InChI is InChI=1S/C25H27N5O4/c1-3-14-29(15-4-2)19-10-12-21(22(16-19)26-25(32)18-8-6-5-7-9-18)27-28-23-17-20(30(33)34)11-13-24(23)31/h5-13,16-17,31H,3-4,14-15H2,1-2H3,(H,26,32). The topological polar surface area (TPSA) is 120 Å². The molecule has 2 N–H and O–H groups in total. The summed E-state index contributed by atoms with van der Waals surface area (Å²) < 4.78 is 0. The lowest BCUT2D eigenvalue weighted by atomic mass is 10.1. The molecule has 0 saturated carbocycles. The summed E-state index contributed by atoms with van der Waals surface area (Å²) in [6, 6.07) is 17.8. The summed E-state index contributed by atoms with van der Waals surface area (Å²) in [6.07, 6.45) is 1.94. The Morgan fingerprint density at radius 1 is 0.971 bits per heavy atom. The van der Waals surface area contributed by atoms with Crippen LogP contribution in [0.2, 0.25) is 0 Å². The van der Waals surface area contributed by atoms with Gasteiger partial charge in [0.05, 0.1) is 10.6 Å². The SMILES string of the molecule is CCCN(CCC)c1ccc(N=Nc2cc([N+](=O)[O-])ccc2O)c(NC(=O)c2ccccc2)c1. The van der Waals surface area contributed by atoms with E-state index in [9.17, 15) is 20.0 Å². The molecule has 3 aromatic carbocycles. The van der Waals surface area contributed by atoms with Crippen molar-refractivity contribution in [3.8, 4) is 5.75 Å². The third kappa shape index (κ3) is 6.16. The maximum atomic E-state index is 12.8. The van der Waals surface area contributed by atoms with E-state index in [-0.39, 0.29) is 23.0 Å². The minimum Gasteiger partial charge on any atom is -0.506 e. The number of phenols is 1. The zero-order valence-electron chi connectivity index (χ0n) is 19.1. The van der Waals surface area contributed by atoms with Crippen molar-refractivity contribution < 1.29 is 14.8 Å². The van der Waals surface area contributed by atoms with Gasteiger partial charge in [0.15, 0.2) is 0 Å². The molecule has 0 radical (unpaired) electrons. The van der Waals surface area contributed by atoms with Gasteiger partial charge in [0, 0.05) is 36.5 Å². The van der Waals surface area contributed by atoms with Crippen molar-refractivity contribution >= 4 is 34.3 Å². The third-order valence-corrected chi connectivity index (χ3v) is 5.05. The molecule has 0 spiro atoms. The number of carbonyl (C=O) groups is 1. The van der Waals surface area contributed by atoms with Gasteiger partial charge < -0.3 is 15.3 Å². The number of anilines is 2. The van der Waals surface area contributed by atoms with Gasteiger partial charge in [0.2, 0.25) is 0 Å². The van der Waals surface area contributed by atoms with Gasteiger partial charge in [-0.3, -0.25) is 14.9 Å². The van der Waals surface area contributed by atoms with Gasteiger partial charge in [-0.25, -0.2) is 0 Å². The van der Waals surface area contributed by atoms with Crippen LogP contribution in [0.1, 0.15) is 37.0 Å². The molecule has 176 valence electrons. The molecule has 0 atom stereocenters. The summed E-state index contributed by atoms with van der Waals surface area (Å²) >= 11 is 0. The number of amides is 1. The highest BCUT2D eigenvalue weighted by Crippen LogP contribution is 2.35. The maximum Gasteiger partial charge on any atom is 0.271 e. The fourth-order valence-electron chi connectivity index (χ4n) is 3.42. The number of hydrogen-bond acceptors (Lipinski definition) is 7. The molecule has 1 amide bonds. The highest BCUT2D eigenvalue weighted by molar-refractivity contribution is 6.06.